The van der Waals surface area contributed by atoms with Gasteiger partial charge in [-0.15, -0.1) is 0 Å². The molecule has 142 valence electrons. The average molecular weight is 428 g/mol. The van der Waals surface area contributed by atoms with Crippen molar-refractivity contribution in [1.82, 2.24) is 14.7 Å². The molecule has 1 saturated heterocycles. The molecule has 0 spiro atoms. The maximum atomic E-state index is 12.2. The average Bonchev–Trinajstić information content (AvgIpc) is 3.51. The minimum absolute atomic E-state index is 0.0803. The summed E-state index contributed by atoms with van der Waals surface area (Å²) < 4.78 is 1.16. The molecule has 2 fully saturated rings. The Balaban J connectivity index is 1.52. The molecule has 2 heterocycles. The van der Waals surface area contributed by atoms with Crippen LogP contribution in [-0.2, 0) is 4.79 Å². The topological polar surface area (TPSA) is 58.4 Å². The minimum Gasteiger partial charge on any atom is -0.367 e. The summed E-state index contributed by atoms with van der Waals surface area (Å²) in [5, 5.41) is 4.55. The van der Waals surface area contributed by atoms with E-state index in [-0.39, 0.29) is 21.9 Å². The second-order valence-corrected chi connectivity index (χ2v) is 7.94. The molecule has 1 aromatic heterocycles. The first-order chi connectivity index (χ1) is 13.0. The lowest BCUT2D eigenvalue weighted by Gasteiger charge is -2.36. The fraction of sp³-hybridized carbons (Fsp3) is 0.389. The van der Waals surface area contributed by atoms with Gasteiger partial charge in [0.25, 0.3) is 5.56 Å². The first kappa shape index (κ1) is 18.6. The van der Waals surface area contributed by atoms with Crippen molar-refractivity contribution in [2.24, 2.45) is 5.92 Å². The fourth-order valence-electron chi connectivity index (χ4n) is 3.24. The molecule has 4 rings (SSSR count). The van der Waals surface area contributed by atoms with E-state index in [1.165, 1.54) is 6.20 Å². The highest BCUT2D eigenvalue weighted by Gasteiger charge is 2.34. The third-order valence-corrected chi connectivity index (χ3v) is 5.96. The maximum Gasteiger partial charge on any atom is 0.291 e. The molecule has 6 nitrogen and oxygen atoms in total. The van der Waals surface area contributed by atoms with Crippen LogP contribution in [0.15, 0.2) is 29.2 Å². The van der Waals surface area contributed by atoms with E-state index in [1.54, 1.807) is 12.1 Å². The number of carbonyl (C=O) groups is 1. The van der Waals surface area contributed by atoms with Crippen LogP contribution in [0, 0.1) is 5.92 Å². The second-order valence-electron chi connectivity index (χ2n) is 6.75. The summed E-state index contributed by atoms with van der Waals surface area (Å²) >= 11 is 18.2. The van der Waals surface area contributed by atoms with E-state index in [0.29, 0.717) is 23.8 Å². The Morgan fingerprint density at radius 2 is 1.74 bits per heavy atom. The van der Waals surface area contributed by atoms with Gasteiger partial charge in [-0.1, -0.05) is 34.8 Å². The Morgan fingerprint density at radius 3 is 2.37 bits per heavy atom. The van der Waals surface area contributed by atoms with E-state index in [4.69, 9.17) is 34.8 Å². The molecular formula is C18H17Cl3N4O2. The van der Waals surface area contributed by atoms with Crippen LogP contribution in [0.5, 0.6) is 0 Å². The van der Waals surface area contributed by atoms with Crippen LogP contribution >= 0.6 is 34.8 Å². The highest BCUT2D eigenvalue weighted by Crippen LogP contribution is 2.33. The highest BCUT2D eigenvalue weighted by molar-refractivity contribution is 6.41. The molecule has 0 radical (unpaired) electrons. The van der Waals surface area contributed by atoms with Gasteiger partial charge in [0.15, 0.2) is 0 Å². The van der Waals surface area contributed by atoms with Crippen LogP contribution < -0.4 is 10.5 Å². The highest BCUT2D eigenvalue weighted by atomic mass is 35.5. The Bertz CT molecular complexity index is 950. The van der Waals surface area contributed by atoms with E-state index in [1.807, 2.05) is 11.0 Å². The van der Waals surface area contributed by atoms with Crippen LogP contribution in [0.4, 0.5) is 5.69 Å². The Kier molecular flexibility index (Phi) is 5.05. The van der Waals surface area contributed by atoms with Crippen molar-refractivity contribution in [3.8, 4) is 5.69 Å². The van der Waals surface area contributed by atoms with Gasteiger partial charge < -0.3 is 9.80 Å². The van der Waals surface area contributed by atoms with Crippen molar-refractivity contribution in [1.29, 1.82) is 0 Å². The summed E-state index contributed by atoms with van der Waals surface area (Å²) in [6, 6.07) is 5.30. The van der Waals surface area contributed by atoms with E-state index < -0.39 is 5.56 Å². The van der Waals surface area contributed by atoms with Crippen molar-refractivity contribution < 1.29 is 4.79 Å². The number of benzene rings is 1. The second kappa shape index (κ2) is 7.34. The zero-order valence-electron chi connectivity index (χ0n) is 14.4. The van der Waals surface area contributed by atoms with E-state index in [0.717, 1.165) is 36.3 Å². The number of hydrogen-bond acceptors (Lipinski definition) is 4. The van der Waals surface area contributed by atoms with Crippen molar-refractivity contribution >= 4 is 46.4 Å². The van der Waals surface area contributed by atoms with Gasteiger partial charge in [-0.05, 0) is 31.0 Å². The zero-order valence-corrected chi connectivity index (χ0v) is 16.6. The lowest BCUT2D eigenvalue weighted by Crippen LogP contribution is -2.49. The molecule has 0 unspecified atom stereocenters. The van der Waals surface area contributed by atoms with Gasteiger partial charge in [0.05, 0.1) is 27.6 Å². The van der Waals surface area contributed by atoms with Gasteiger partial charge in [-0.2, -0.15) is 9.78 Å². The fourth-order valence-corrected chi connectivity index (χ4v) is 3.78. The van der Waals surface area contributed by atoms with Gasteiger partial charge in [0, 0.05) is 32.1 Å². The van der Waals surface area contributed by atoms with Crippen molar-refractivity contribution in [2.75, 3.05) is 31.1 Å². The molecule has 1 amide bonds. The number of rotatable bonds is 3. The van der Waals surface area contributed by atoms with Gasteiger partial charge in [0.1, 0.15) is 5.02 Å². The molecule has 0 atom stereocenters. The van der Waals surface area contributed by atoms with Gasteiger partial charge >= 0.3 is 0 Å². The quantitative estimate of drug-likeness (QED) is 0.754. The number of halogens is 3. The molecule has 27 heavy (non-hydrogen) atoms. The molecule has 2 aromatic rings. The van der Waals surface area contributed by atoms with E-state index in [9.17, 15) is 9.59 Å². The van der Waals surface area contributed by atoms with E-state index >= 15 is 0 Å². The smallest absolute Gasteiger partial charge is 0.291 e. The number of anilines is 1. The summed E-state index contributed by atoms with van der Waals surface area (Å²) in [4.78, 5) is 28.5. The lowest BCUT2D eigenvalue weighted by molar-refractivity contribution is -0.132. The normalized spacial score (nSPS) is 17.3. The largest absolute Gasteiger partial charge is 0.367 e. The third-order valence-electron chi connectivity index (χ3n) is 4.91. The summed E-state index contributed by atoms with van der Waals surface area (Å²) in [7, 11) is 0. The lowest BCUT2D eigenvalue weighted by atomic mass is 10.2. The third kappa shape index (κ3) is 3.66. The van der Waals surface area contributed by atoms with Crippen LogP contribution in [0.1, 0.15) is 12.8 Å². The zero-order chi connectivity index (χ0) is 19.1. The van der Waals surface area contributed by atoms with Crippen molar-refractivity contribution in [2.45, 2.75) is 12.8 Å². The summed E-state index contributed by atoms with van der Waals surface area (Å²) in [5.41, 5.74) is 0.877. The molecular weight excluding hydrogens is 411 g/mol. The number of amides is 1. The van der Waals surface area contributed by atoms with Crippen LogP contribution in [0.25, 0.3) is 5.69 Å². The summed E-state index contributed by atoms with van der Waals surface area (Å²) in [6.07, 6.45) is 3.37. The molecule has 2 aliphatic rings. The monoisotopic (exact) mass is 426 g/mol. The Labute approximate surface area is 171 Å². The van der Waals surface area contributed by atoms with Gasteiger partial charge in [0.2, 0.25) is 5.91 Å². The molecule has 0 N–H and O–H groups in total. The van der Waals surface area contributed by atoms with Crippen molar-refractivity contribution in [3.63, 3.8) is 0 Å². The first-order valence-corrected chi connectivity index (χ1v) is 9.86. The number of carbonyl (C=O) groups excluding carboxylic acids is 1. The summed E-state index contributed by atoms with van der Waals surface area (Å²) in [6.45, 7) is 2.84. The van der Waals surface area contributed by atoms with Crippen LogP contribution in [0.3, 0.4) is 0 Å². The van der Waals surface area contributed by atoms with Crippen molar-refractivity contribution in [3.05, 3.63) is 49.8 Å². The standard InChI is InChI=1S/C18H17Cl3N4O2/c19-13-9-12(25-18(27)16(21)14(20)10-22-25)3-4-15(13)23-5-7-24(8-6-23)17(26)11-1-2-11/h3-4,9-11H,1-2,5-8H2. The minimum atomic E-state index is -0.500. The Hall–Kier alpha value is -1.76. The number of hydrogen-bond donors (Lipinski definition) is 0. The van der Waals surface area contributed by atoms with Crippen LogP contribution in [-0.4, -0.2) is 46.8 Å². The predicted octanol–water partition coefficient (Wildman–Crippen LogP) is 3.25. The maximum absolute atomic E-state index is 12.2. The van der Waals surface area contributed by atoms with Crippen LogP contribution in [0.2, 0.25) is 15.1 Å². The Morgan fingerprint density at radius 1 is 1.04 bits per heavy atom. The van der Waals surface area contributed by atoms with E-state index in [2.05, 4.69) is 10.00 Å². The number of nitrogens with zero attached hydrogens (tertiary/aromatic N) is 4. The molecule has 0 bridgehead atoms. The summed E-state index contributed by atoms with van der Waals surface area (Å²) in [5.74, 6) is 0.526. The molecule has 1 aliphatic heterocycles. The first-order valence-electron chi connectivity index (χ1n) is 8.72. The number of piperazine rings is 1. The molecule has 1 aromatic carbocycles. The van der Waals surface area contributed by atoms with Gasteiger partial charge in [-0.25, -0.2) is 0 Å². The predicted molar refractivity (Wildman–Crippen MR) is 106 cm³/mol. The molecule has 1 aliphatic carbocycles. The molecule has 9 heteroatoms. The van der Waals surface area contributed by atoms with Gasteiger partial charge in [-0.3, -0.25) is 9.59 Å². The number of aromatic nitrogens is 2. The molecule has 1 saturated carbocycles. The SMILES string of the molecule is O=C(C1CC1)N1CCN(c2ccc(-n3ncc(Cl)c(Cl)c3=O)cc2Cl)CC1.